The van der Waals surface area contributed by atoms with Crippen LogP contribution < -0.4 is 5.32 Å². The van der Waals surface area contributed by atoms with Crippen molar-refractivity contribution in [3.05, 3.63) is 64.7 Å². The molecule has 6 nitrogen and oxygen atoms in total. The molecule has 10 heteroatoms. The molecule has 1 atom stereocenters. The van der Waals surface area contributed by atoms with Gasteiger partial charge in [0.15, 0.2) is 0 Å². The second-order valence-electron chi connectivity index (χ2n) is 7.05. The molecule has 164 valence electrons. The second-order valence-corrected chi connectivity index (χ2v) is 7.45. The third-order valence-electron chi connectivity index (χ3n) is 4.74. The predicted octanol–water partition coefficient (Wildman–Crippen LogP) is 5.18. The van der Waals surface area contributed by atoms with Crippen LogP contribution in [0.25, 0.3) is 0 Å². The number of hydrogen-bond donors (Lipinski definition) is 1. The molecule has 1 unspecified atom stereocenters. The van der Waals surface area contributed by atoms with E-state index in [0.29, 0.717) is 5.69 Å². The van der Waals surface area contributed by atoms with Crippen molar-refractivity contribution < 1.29 is 27.5 Å². The Morgan fingerprint density at radius 3 is 2.48 bits per heavy atom. The summed E-state index contributed by atoms with van der Waals surface area (Å²) in [6, 6.07) is 11.1. The molecule has 0 aromatic heterocycles. The number of amides is 2. The fraction of sp³-hybridized carbons (Fsp3) is 0.286. The Morgan fingerprint density at radius 2 is 1.90 bits per heavy atom. The lowest BCUT2D eigenvalue weighted by Crippen LogP contribution is -2.42. The number of hydrazone groups is 1. The number of halogens is 4. The molecule has 3 rings (SSSR count). The van der Waals surface area contributed by atoms with Crippen molar-refractivity contribution in [2.45, 2.75) is 20.0 Å². The van der Waals surface area contributed by atoms with Gasteiger partial charge in [0.25, 0.3) is 0 Å². The minimum Gasteiger partial charge on any atom is -0.465 e. The van der Waals surface area contributed by atoms with Gasteiger partial charge in [-0.2, -0.15) is 18.3 Å². The second kappa shape index (κ2) is 8.58. The molecule has 0 saturated heterocycles. The highest BCUT2D eigenvalue weighted by Gasteiger charge is 2.49. The lowest BCUT2D eigenvalue weighted by molar-refractivity contribution is -0.150. The summed E-state index contributed by atoms with van der Waals surface area (Å²) in [4.78, 5) is 25.4. The van der Waals surface area contributed by atoms with E-state index in [0.717, 1.165) is 17.1 Å². The lowest BCUT2D eigenvalue weighted by atomic mass is 9.82. The van der Waals surface area contributed by atoms with Gasteiger partial charge in [0.1, 0.15) is 5.41 Å². The average molecular weight is 454 g/mol. The molecule has 1 heterocycles. The molecule has 0 saturated carbocycles. The van der Waals surface area contributed by atoms with Crippen LogP contribution in [0.2, 0.25) is 5.02 Å². The molecule has 0 aliphatic carbocycles. The van der Waals surface area contributed by atoms with Gasteiger partial charge >= 0.3 is 18.2 Å². The van der Waals surface area contributed by atoms with Crippen LogP contribution in [0.3, 0.4) is 0 Å². The summed E-state index contributed by atoms with van der Waals surface area (Å²) in [5.41, 5.74) is -1.61. The van der Waals surface area contributed by atoms with E-state index >= 15 is 0 Å². The lowest BCUT2D eigenvalue weighted by Gasteiger charge is -2.24. The minimum atomic E-state index is -4.63. The van der Waals surface area contributed by atoms with E-state index in [-0.39, 0.29) is 24.4 Å². The zero-order valence-corrected chi connectivity index (χ0v) is 17.4. The fourth-order valence-electron chi connectivity index (χ4n) is 3.19. The molecule has 0 fully saturated rings. The Labute approximate surface area is 181 Å². The highest BCUT2D eigenvalue weighted by molar-refractivity contribution is 6.32. The Bertz CT molecular complexity index is 1030. The first-order valence-corrected chi connectivity index (χ1v) is 9.71. The van der Waals surface area contributed by atoms with Crippen LogP contribution >= 0.6 is 11.6 Å². The summed E-state index contributed by atoms with van der Waals surface area (Å²) in [6.45, 7) is 3.08. The number of alkyl halides is 3. The first-order valence-electron chi connectivity index (χ1n) is 9.33. The molecule has 0 bridgehead atoms. The summed E-state index contributed by atoms with van der Waals surface area (Å²) in [6.07, 6.45) is -4.63. The van der Waals surface area contributed by atoms with E-state index in [9.17, 15) is 22.8 Å². The Morgan fingerprint density at radius 1 is 1.23 bits per heavy atom. The molecule has 1 aliphatic rings. The van der Waals surface area contributed by atoms with Crippen molar-refractivity contribution >= 4 is 35.0 Å². The summed E-state index contributed by atoms with van der Waals surface area (Å²) in [5, 5.41) is 7.41. The number of carbonyl (C=O) groups is 2. The van der Waals surface area contributed by atoms with E-state index in [1.165, 1.54) is 13.0 Å². The smallest absolute Gasteiger partial charge is 0.417 e. The van der Waals surface area contributed by atoms with Gasteiger partial charge in [0, 0.05) is 11.3 Å². The van der Waals surface area contributed by atoms with Gasteiger partial charge in [-0.15, -0.1) is 0 Å². The standard InChI is InChI=1S/C21H19ClF3N3O3/c1-3-31-18(29)20(2)12-28(19(30)26-14-7-5-4-6-8-14)27-17(20)13-9-10-15(16(22)11-13)21(23,24)25/h4-11H,3,12H2,1-2H3,(H,26,30). The summed E-state index contributed by atoms with van der Waals surface area (Å²) in [7, 11) is 0. The highest BCUT2D eigenvalue weighted by Crippen LogP contribution is 2.38. The summed E-state index contributed by atoms with van der Waals surface area (Å²) >= 11 is 5.85. The van der Waals surface area contributed by atoms with E-state index < -0.39 is 34.2 Å². The molecular formula is C21H19ClF3N3O3. The molecule has 2 aromatic rings. The number of esters is 1. The third-order valence-corrected chi connectivity index (χ3v) is 5.06. The highest BCUT2D eigenvalue weighted by atomic mass is 35.5. The van der Waals surface area contributed by atoms with Crippen molar-refractivity contribution in [3.8, 4) is 0 Å². The number of nitrogens with zero attached hydrogens (tertiary/aromatic N) is 2. The van der Waals surface area contributed by atoms with Crippen LogP contribution in [-0.2, 0) is 15.7 Å². The quantitative estimate of drug-likeness (QED) is 0.648. The van der Waals surface area contributed by atoms with E-state index in [1.807, 2.05) is 0 Å². The zero-order chi connectivity index (χ0) is 22.8. The molecule has 0 spiro atoms. The largest absolute Gasteiger partial charge is 0.465 e. The van der Waals surface area contributed by atoms with Crippen molar-refractivity contribution in [3.63, 3.8) is 0 Å². The zero-order valence-electron chi connectivity index (χ0n) is 16.7. The maximum atomic E-state index is 13.1. The number of urea groups is 1. The Kier molecular flexibility index (Phi) is 6.26. The molecule has 2 aromatic carbocycles. The maximum Gasteiger partial charge on any atom is 0.417 e. The number of para-hydroxylation sites is 1. The first-order chi connectivity index (χ1) is 14.6. The Hall–Kier alpha value is -3.07. The van der Waals surface area contributed by atoms with E-state index in [1.54, 1.807) is 37.3 Å². The van der Waals surface area contributed by atoms with Crippen molar-refractivity contribution in [1.82, 2.24) is 5.01 Å². The van der Waals surface area contributed by atoms with Crippen LogP contribution in [-0.4, -0.2) is 35.9 Å². The monoisotopic (exact) mass is 453 g/mol. The van der Waals surface area contributed by atoms with E-state index in [4.69, 9.17) is 16.3 Å². The van der Waals surface area contributed by atoms with Gasteiger partial charge in [-0.3, -0.25) is 4.79 Å². The molecule has 0 radical (unpaired) electrons. The topological polar surface area (TPSA) is 71.0 Å². The van der Waals surface area contributed by atoms with Gasteiger partial charge < -0.3 is 10.1 Å². The van der Waals surface area contributed by atoms with Crippen LogP contribution in [0, 0.1) is 5.41 Å². The normalized spacial score (nSPS) is 18.5. The maximum absolute atomic E-state index is 13.1. The van der Waals surface area contributed by atoms with Crippen LogP contribution in [0.4, 0.5) is 23.7 Å². The summed E-state index contributed by atoms with van der Waals surface area (Å²) < 4.78 is 44.3. The number of rotatable bonds is 4. The minimum absolute atomic E-state index is 0.0878. The fourth-order valence-corrected chi connectivity index (χ4v) is 3.48. The van der Waals surface area contributed by atoms with Crippen molar-refractivity contribution in [2.24, 2.45) is 10.5 Å². The average Bonchev–Trinajstić information content (AvgIpc) is 3.07. The molecule has 31 heavy (non-hydrogen) atoms. The van der Waals surface area contributed by atoms with Gasteiger partial charge in [0.2, 0.25) is 0 Å². The number of hydrogen-bond acceptors (Lipinski definition) is 4. The first kappa shape index (κ1) is 22.6. The third kappa shape index (κ3) is 4.66. The number of anilines is 1. The van der Waals surface area contributed by atoms with E-state index in [2.05, 4.69) is 10.4 Å². The van der Waals surface area contributed by atoms with Gasteiger partial charge in [0.05, 0.1) is 29.4 Å². The summed E-state index contributed by atoms with van der Waals surface area (Å²) in [5.74, 6) is -0.653. The molecular weight excluding hydrogens is 435 g/mol. The number of nitrogens with one attached hydrogen (secondary N) is 1. The van der Waals surface area contributed by atoms with Gasteiger partial charge in [-0.1, -0.05) is 35.9 Å². The SMILES string of the molecule is CCOC(=O)C1(C)CN(C(=O)Nc2ccccc2)N=C1c1ccc(C(F)(F)F)c(Cl)c1. The van der Waals surface area contributed by atoms with Gasteiger partial charge in [-0.05, 0) is 38.1 Å². The molecule has 2 amide bonds. The van der Waals surface area contributed by atoms with Crippen LogP contribution in [0.5, 0.6) is 0 Å². The van der Waals surface area contributed by atoms with Crippen molar-refractivity contribution in [1.29, 1.82) is 0 Å². The Balaban J connectivity index is 1.98. The van der Waals surface area contributed by atoms with Gasteiger partial charge in [-0.25, -0.2) is 9.80 Å². The number of carbonyl (C=O) groups excluding carboxylic acids is 2. The van der Waals surface area contributed by atoms with Crippen LogP contribution in [0.15, 0.2) is 53.6 Å². The molecule has 1 N–H and O–H groups in total. The van der Waals surface area contributed by atoms with Crippen molar-refractivity contribution in [2.75, 3.05) is 18.5 Å². The molecule has 1 aliphatic heterocycles. The van der Waals surface area contributed by atoms with Crippen LogP contribution in [0.1, 0.15) is 25.0 Å². The number of benzene rings is 2. The number of ether oxygens (including phenoxy) is 1. The predicted molar refractivity (Wildman–Crippen MR) is 110 cm³/mol.